The molecular formula is C11H9N5O2S. The van der Waals surface area contributed by atoms with Gasteiger partial charge in [-0.1, -0.05) is 0 Å². The molecule has 8 heteroatoms. The molecule has 2 heterocycles. The van der Waals surface area contributed by atoms with Crippen molar-refractivity contribution in [3.63, 3.8) is 0 Å². The number of thiazole rings is 1. The maximum atomic E-state index is 11.2. The summed E-state index contributed by atoms with van der Waals surface area (Å²) < 4.78 is 0.801. The van der Waals surface area contributed by atoms with Crippen LogP contribution in [0.4, 0.5) is 11.4 Å². The van der Waals surface area contributed by atoms with E-state index in [9.17, 15) is 10.1 Å². The van der Waals surface area contributed by atoms with Gasteiger partial charge >= 0.3 is 5.69 Å². The van der Waals surface area contributed by atoms with Gasteiger partial charge in [0.05, 0.1) is 21.7 Å². The SMILES string of the molecule is O=[N+]([O-])c1c(NCc2ncc[nH]2)ccc2scnc12. The summed E-state index contributed by atoms with van der Waals surface area (Å²) in [5.74, 6) is 0.715. The van der Waals surface area contributed by atoms with Crippen LogP contribution < -0.4 is 5.32 Å². The van der Waals surface area contributed by atoms with Gasteiger partial charge in [0.2, 0.25) is 0 Å². The van der Waals surface area contributed by atoms with E-state index in [0.717, 1.165) is 4.70 Å². The van der Waals surface area contributed by atoms with Crippen molar-refractivity contribution in [1.29, 1.82) is 0 Å². The molecule has 0 aliphatic heterocycles. The smallest absolute Gasteiger partial charge is 0.319 e. The first-order chi connectivity index (χ1) is 9.25. The summed E-state index contributed by atoms with van der Waals surface area (Å²) in [5, 5.41) is 14.2. The number of hydrogen-bond donors (Lipinski definition) is 2. The minimum Gasteiger partial charge on any atom is -0.372 e. The number of nitrogens with zero attached hydrogens (tertiary/aromatic N) is 3. The lowest BCUT2D eigenvalue weighted by atomic mass is 10.2. The number of aromatic amines is 1. The molecule has 0 aliphatic carbocycles. The van der Waals surface area contributed by atoms with E-state index in [1.165, 1.54) is 11.3 Å². The van der Waals surface area contributed by atoms with Gasteiger partial charge < -0.3 is 10.3 Å². The number of rotatable bonds is 4. The fraction of sp³-hybridized carbons (Fsp3) is 0.0909. The van der Waals surface area contributed by atoms with Gasteiger partial charge in [-0.2, -0.15) is 0 Å². The van der Waals surface area contributed by atoms with E-state index in [2.05, 4.69) is 20.3 Å². The predicted octanol–water partition coefficient (Wildman–Crippen LogP) is 2.54. The lowest BCUT2D eigenvalue weighted by Crippen LogP contribution is -2.04. The van der Waals surface area contributed by atoms with E-state index in [1.807, 2.05) is 6.07 Å². The number of nitrogens with one attached hydrogen (secondary N) is 2. The normalized spacial score (nSPS) is 10.7. The standard InChI is InChI=1S/C11H9N5O2S/c17-16(18)11-7(14-5-9-12-3-4-13-9)1-2-8-10(11)15-6-19-8/h1-4,6,14H,5H2,(H,12,13). The second-order valence-corrected chi connectivity index (χ2v) is 4.69. The van der Waals surface area contributed by atoms with Gasteiger partial charge in [-0.15, -0.1) is 11.3 Å². The third kappa shape index (κ3) is 2.13. The molecule has 96 valence electrons. The first-order valence-electron chi connectivity index (χ1n) is 5.48. The molecular weight excluding hydrogens is 266 g/mol. The molecule has 19 heavy (non-hydrogen) atoms. The van der Waals surface area contributed by atoms with E-state index in [0.29, 0.717) is 23.6 Å². The molecule has 0 saturated carbocycles. The van der Waals surface area contributed by atoms with Crippen LogP contribution in [0.15, 0.2) is 30.0 Å². The monoisotopic (exact) mass is 275 g/mol. The predicted molar refractivity (Wildman–Crippen MR) is 72.2 cm³/mol. The number of nitro groups is 1. The molecule has 0 saturated heterocycles. The number of H-pyrrole nitrogens is 1. The fourth-order valence-corrected chi connectivity index (χ4v) is 2.50. The van der Waals surface area contributed by atoms with E-state index >= 15 is 0 Å². The van der Waals surface area contributed by atoms with Crippen LogP contribution in [0.25, 0.3) is 10.2 Å². The molecule has 1 aromatic carbocycles. The van der Waals surface area contributed by atoms with Crippen molar-refractivity contribution in [1.82, 2.24) is 15.0 Å². The average molecular weight is 275 g/mol. The van der Waals surface area contributed by atoms with Crippen molar-refractivity contribution >= 4 is 32.9 Å². The molecule has 3 aromatic rings. The minimum absolute atomic E-state index is 0.00491. The topological polar surface area (TPSA) is 96.7 Å². The van der Waals surface area contributed by atoms with E-state index in [-0.39, 0.29) is 5.69 Å². The van der Waals surface area contributed by atoms with Gasteiger partial charge in [0.1, 0.15) is 11.5 Å². The van der Waals surface area contributed by atoms with E-state index in [1.54, 1.807) is 24.0 Å². The van der Waals surface area contributed by atoms with Crippen LogP contribution in [0.3, 0.4) is 0 Å². The molecule has 0 fully saturated rings. The van der Waals surface area contributed by atoms with Crippen LogP contribution in [0, 0.1) is 10.1 Å². The Morgan fingerprint density at radius 3 is 3.05 bits per heavy atom. The molecule has 0 bridgehead atoms. The Kier molecular flexibility index (Phi) is 2.84. The van der Waals surface area contributed by atoms with Gasteiger partial charge in [0, 0.05) is 12.4 Å². The summed E-state index contributed by atoms with van der Waals surface area (Å²) in [6, 6.07) is 3.52. The highest BCUT2D eigenvalue weighted by Gasteiger charge is 2.20. The summed E-state index contributed by atoms with van der Waals surface area (Å²) in [7, 11) is 0. The number of aromatic nitrogens is 3. The molecule has 0 radical (unpaired) electrons. The van der Waals surface area contributed by atoms with Crippen LogP contribution in [0.2, 0.25) is 0 Å². The lowest BCUT2D eigenvalue weighted by molar-refractivity contribution is -0.382. The Bertz CT molecular complexity index is 722. The maximum Gasteiger partial charge on any atom is 0.319 e. The van der Waals surface area contributed by atoms with Crippen LogP contribution in [-0.2, 0) is 6.54 Å². The number of anilines is 1. The van der Waals surface area contributed by atoms with E-state index in [4.69, 9.17) is 0 Å². The van der Waals surface area contributed by atoms with Crippen LogP contribution in [0.1, 0.15) is 5.82 Å². The van der Waals surface area contributed by atoms with E-state index < -0.39 is 4.92 Å². The lowest BCUT2D eigenvalue weighted by Gasteiger charge is -2.05. The Hall–Kier alpha value is -2.48. The van der Waals surface area contributed by atoms with Crippen molar-refractivity contribution in [2.75, 3.05) is 5.32 Å². The highest BCUT2D eigenvalue weighted by Crippen LogP contribution is 2.34. The van der Waals surface area contributed by atoms with Crippen molar-refractivity contribution in [3.8, 4) is 0 Å². The first kappa shape index (κ1) is 11.6. The maximum absolute atomic E-state index is 11.2. The molecule has 0 unspecified atom stereocenters. The van der Waals surface area contributed by atoms with Crippen LogP contribution in [0.5, 0.6) is 0 Å². The number of imidazole rings is 1. The molecule has 2 N–H and O–H groups in total. The molecule has 0 aliphatic rings. The zero-order valence-electron chi connectivity index (χ0n) is 9.66. The number of fused-ring (bicyclic) bond motifs is 1. The first-order valence-corrected chi connectivity index (χ1v) is 6.36. The summed E-state index contributed by atoms with van der Waals surface area (Å²) in [4.78, 5) is 21.8. The van der Waals surface area contributed by atoms with Gasteiger partial charge in [-0.3, -0.25) is 10.1 Å². The number of nitro benzene ring substituents is 1. The minimum atomic E-state index is -0.410. The van der Waals surface area contributed by atoms with Gasteiger partial charge in [-0.25, -0.2) is 9.97 Å². The largest absolute Gasteiger partial charge is 0.372 e. The highest BCUT2D eigenvalue weighted by atomic mass is 32.1. The quantitative estimate of drug-likeness (QED) is 0.563. The van der Waals surface area contributed by atoms with Gasteiger partial charge in [0.25, 0.3) is 0 Å². The molecule has 0 spiro atoms. The Morgan fingerprint density at radius 2 is 2.32 bits per heavy atom. The Balaban J connectivity index is 1.97. The molecule has 0 atom stereocenters. The molecule has 2 aromatic heterocycles. The third-order valence-electron chi connectivity index (χ3n) is 2.66. The van der Waals surface area contributed by atoms with Crippen LogP contribution >= 0.6 is 11.3 Å². The van der Waals surface area contributed by atoms with Crippen molar-refractivity contribution < 1.29 is 4.92 Å². The summed E-state index contributed by atoms with van der Waals surface area (Å²) >= 11 is 1.38. The molecule has 0 amide bonds. The van der Waals surface area contributed by atoms with Crippen molar-refractivity contribution in [2.24, 2.45) is 0 Å². The highest BCUT2D eigenvalue weighted by molar-refractivity contribution is 7.16. The average Bonchev–Trinajstić information content (AvgIpc) is 3.06. The zero-order chi connectivity index (χ0) is 13.2. The van der Waals surface area contributed by atoms with Crippen LogP contribution in [-0.4, -0.2) is 19.9 Å². The van der Waals surface area contributed by atoms with Gasteiger partial charge in [-0.05, 0) is 12.1 Å². The second kappa shape index (κ2) is 4.65. The Labute approximate surface area is 111 Å². The van der Waals surface area contributed by atoms with Gasteiger partial charge in [0.15, 0.2) is 5.52 Å². The number of benzene rings is 1. The summed E-state index contributed by atoms with van der Waals surface area (Å²) in [6.07, 6.45) is 3.34. The second-order valence-electron chi connectivity index (χ2n) is 3.81. The van der Waals surface area contributed by atoms with Crippen molar-refractivity contribution in [2.45, 2.75) is 6.54 Å². The van der Waals surface area contributed by atoms with Crippen molar-refractivity contribution in [3.05, 3.63) is 46.0 Å². The fourth-order valence-electron chi connectivity index (χ4n) is 1.82. The molecule has 7 nitrogen and oxygen atoms in total. The third-order valence-corrected chi connectivity index (χ3v) is 3.45. The zero-order valence-corrected chi connectivity index (χ0v) is 10.5. The molecule has 3 rings (SSSR count). The Morgan fingerprint density at radius 1 is 1.42 bits per heavy atom. The number of hydrogen-bond acceptors (Lipinski definition) is 6. The summed E-state index contributed by atoms with van der Waals surface area (Å²) in [5.41, 5.74) is 2.47. The summed E-state index contributed by atoms with van der Waals surface area (Å²) in [6.45, 7) is 0.392.